The summed E-state index contributed by atoms with van der Waals surface area (Å²) in [4.78, 5) is 8.80. The summed E-state index contributed by atoms with van der Waals surface area (Å²) in [7, 11) is 0. The topological polar surface area (TPSA) is 63.8 Å². The molecule has 0 saturated heterocycles. The van der Waals surface area contributed by atoms with Crippen molar-refractivity contribution in [3.05, 3.63) is 18.1 Å². The van der Waals surface area contributed by atoms with E-state index in [1.807, 2.05) is 0 Å². The van der Waals surface area contributed by atoms with Crippen molar-refractivity contribution in [3.63, 3.8) is 0 Å². The van der Waals surface area contributed by atoms with Crippen LogP contribution < -0.4 is 11.1 Å². The van der Waals surface area contributed by atoms with Crippen molar-refractivity contribution >= 4 is 23.0 Å². The molecule has 18 heavy (non-hydrogen) atoms. The Balaban J connectivity index is 2.13. The molecule has 0 spiro atoms. The Morgan fingerprint density at radius 2 is 2.17 bits per heavy atom. The van der Waals surface area contributed by atoms with Gasteiger partial charge in [-0.15, -0.1) is 0 Å². The Bertz CT molecular complexity index is 435. The minimum atomic E-state index is 0.295. The summed E-state index contributed by atoms with van der Waals surface area (Å²) < 4.78 is 0. The van der Waals surface area contributed by atoms with Gasteiger partial charge in [0.05, 0.1) is 0 Å². The number of nitrogens with one attached hydrogen (secondary N) is 1. The molecule has 0 amide bonds. The van der Waals surface area contributed by atoms with E-state index >= 15 is 0 Å². The van der Waals surface area contributed by atoms with Crippen LogP contribution in [0.25, 0.3) is 0 Å². The summed E-state index contributed by atoms with van der Waals surface area (Å²) in [5.74, 6) is 2.17. The van der Waals surface area contributed by atoms with E-state index < -0.39 is 0 Å². The van der Waals surface area contributed by atoms with Crippen molar-refractivity contribution in [1.82, 2.24) is 9.97 Å². The molecule has 0 aromatic carbocycles. The Labute approximate surface area is 113 Å². The molecule has 1 aromatic rings. The molecule has 5 heteroatoms. The first-order valence-corrected chi connectivity index (χ1v) is 6.91. The number of aromatic nitrogens is 2. The van der Waals surface area contributed by atoms with Gasteiger partial charge in [0.25, 0.3) is 0 Å². The van der Waals surface area contributed by atoms with Gasteiger partial charge in [-0.3, -0.25) is 0 Å². The number of hydrogen-bond acceptors (Lipinski definition) is 4. The second-order valence-corrected chi connectivity index (χ2v) is 5.41. The van der Waals surface area contributed by atoms with Crippen LogP contribution in [-0.4, -0.2) is 21.0 Å². The maximum atomic E-state index is 5.67. The van der Waals surface area contributed by atoms with Crippen LogP contribution in [0.2, 0.25) is 0 Å². The lowest BCUT2D eigenvalue weighted by molar-refractivity contribution is 0.391. The zero-order valence-electron chi connectivity index (χ0n) is 10.9. The van der Waals surface area contributed by atoms with Crippen LogP contribution in [0.1, 0.15) is 38.8 Å². The average Bonchev–Trinajstić information content (AvgIpc) is 2.71. The van der Waals surface area contributed by atoms with Crippen LogP contribution in [0.3, 0.4) is 0 Å². The van der Waals surface area contributed by atoms with Gasteiger partial charge in [-0.1, -0.05) is 32.5 Å². The highest BCUT2D eigenvalue weighted by atomic mass is 32.1. The molecule has 1 fully saturated rings. The highest BCUT2D eigenvalue weighted by Crippen LogP contribution is 2.35. The zero-order chi connectivity index (χ0) is 13.1. The molecular formula is C13H20N4S. The SMILES string of the molecule is CCC1CCC(Nc2nccnc2C(N)=S)C1C. The first-order valence-electron chi connectivity index (χ1n) is 6.50. The summed E-state index contributed by atoms with van der Waals surface area (Å²) in [5.41, 5.74) is 6.26. The van der Waals surface area contributed by atoms with Gasteiger partial charge in [0, 0.05) is 18.4 Å². The van der Waals surface area contributed by atoms with Crippen LogP contribution in [0.4, 0.5) is 5.82 Å². The number of rotatable bonds is 4. The zero-order valence-corrected chi connectivity index (χ0v) is 11.7. The molecule has 0 aliphatic heterocycles. The van der Waals surface area contributed by atoms with Gasteiger partial charge in [-0.25, -0.2) is 9.97 Å². The smallest absolute Gasteiger partial charge is 0.155 e. The first kappa shape index (κ1) is 13.2. The number of nitrogens with zero attached hydrogens (tertiary/aromatic N) is 2. The lowest BCUT2D eigenvalue weighted by atomic mass is 9.93. The predicted octanol–water partition coefficient (Wildman–Crippen LogP) is 2.35. The average molecular weight is 264 g/mol. The van der Waals surface area contributed by atoms with Gasteiger partial charge in [-0.2, -0.15) is 0 Å². The maximum absolute atomic E-state index is 5.67. The maximum Gasteiger partial charge on any atom is 0.155 e. The minimum Gasteiger partial charge on any atom is -0.388 e. The van der Waals surface area contributed by atoms with E-state index in [0.29, 0.717) is 22.6 Å². The van der Waals surface area contributed by atoms with E-state index in [1.165, 1.54) is 19.3 Å². The van der Waals surface area contributed by atoms with E-state index in [0.717, 1.165) is 11.7 Å². The fourth-order valence-corrected chi connectivity index (χ4v) is 2.98. The third-order valence-electron chi connectivity index (χ3n) is 4.00. The third kappa shape index (κ3) is 2.61. The summed E-state index contributed by atoms with van der Waals surface area (Å²) in [6, 6.07) is 0.444. The Hall–Kier alpha value is -1.23. The number of hydrogen-bond donors (Lipinski definition) is 2. The fraction of sp³-hybridized carbons (Fsp3) is 0.615. The van der Waals surface area contributed by atoms with Gasteiger partial charge in [0.15, 0.2) is 5.82 Å². The summed E-state index contributed by atoms with van der Waals surface area (Å²) in [5, 5.41) is 3.46. The molecule has 0 bridgehead atoms. The van der Waals surface area contributed by atoms with E-state index in [2.05, 4.69) is 29.1 Å². The quantitative estimate of drug-likeness (QED) is 0.817. The van der Waals surface area contributed by atoms with Crippen LogP contribution in [0.15, 0.2) is 12.4 Å². The second kappa shape index (κ2) is 5.61. The molecule has 1 heterocycles. The van der Waals surface area contributed by atoms with Gasteiger partial charge >= 0.3 is 0 Å². The van der Waals surface area contributed by atoms with Crippen LogP contribution in [0, 0.1) is 11.8 Å². The molecular weight excluding hydrogens is 244 g/mol. The van der Waals surface area contributed by atoms with Crippen molar-refractivity contribution in [2.24, 2.45) is 17.6 Å². The number of thiocarbonyl (C=S) groups is 1. The van der Waals surface area contributed by atoms with Gasteiger partial charge in [-0.05, 0) is 24.7 Å². The van der Waals surface area contributed by atoms with Crippen LogP contribution >= 0.6 is 12.2 Å². The lowest BCUT2D eigenvalue weighted by Gasteiger charge is -2.22. The number of anilines is 1. The van der Waals surface area contributed by atoms with E-state index in [-0.39, 0.29) is 0 Å². The van der Waals surface area contributed by atoms with Gasteiger partial charge in [0.2, 0.25) is 0 Å². The summed E-state index contributed by atoms with van der Waals surface area (Å²) in [6.45, 7) is 4.56. The lowest BCUT2D eigenvalue weighted by Crippen LogP contribution is -2.27. The van der Waals surface area contributed by atoms with Gasteiger partial charge in [0.1, 0.15) is 10.7 Å². The molecule has 1 saturated carbocycles. The highest BCUT2D eigenvalue weighted by molar-refractivity contribution is 7.80. The molecule has 1 aliphatic rings. The fourth-order valence-electron chi connectivity index (χ4n) is 2.83. The molecule has 1 aromatic heterocycles. The van der Waals surface area contributed by atoms with E-state index in [1.54, 1.807) is 12.4 Å². The van der Waals surface area contributed by atoms with Crippen molar-refractivity contribution in [1.29, 1.82) is 0 Å². The highest BCUT2D eigenvalue weighted by Gasteiger charge is 2.32. The van der Waals surface area contributed by atoms with Crippen molar-refractivity contribution < 1.29 is 0 Å². The van der Waals surface area contributed by atoms with Gasteiger partial charge < -0.3 is 11.1 Å². The molecule has 3 unspecified atom stereocenters. The number of nitrogens with two attached hydrogens (primary N) is 1. The third-order valence-corrected chi connectivity index (χ3v) is 4.20. The van der Waals surface area contributed by atoms with Crippen molar-refractivity contribution in [2.75, 3.05) is 5.32 Å². The van der Waals surface area contributed by atoms with E-state index in [9.17, 15) is 0 Å². The van der Waals surface area contributed by atoms with Crippen LogP contribution in [0.5, 0.6) is 0 Å². The molecule has 2 rings (SSSR count). The normalized spacial score (nSPS) is 27.1. The molecule has 0 radical (unpaired) electrons. The summed E-state index contributed by atoms with van der Waals surface area (Å²) in [6.07, 6.45) is 6.97. The summed E-state index contributed by atoms with van der Waals surface area (Å²) >= 11 is 5.00. The Morgan fingerprint density at radius 3 is 2.78 bits per heavy atom. The molecule has 1 aliphatic carbocycles. The molecule has 3 atom stereocenters. The molecule has 3 N–H and O–H groups in total. The standard InChI is InChI=1S/C13H20N4S/c1-3-9-4-5-10(8(9)2)17-13-11(12(14)18)15-6-7-16-13/h6-10H,3-5H2,1-2H3,(H2,14,18)(H,16,17). The largest absolute Gasteiger partial charge is 0.388 e. The Kier molecular flexibility index (Phi) is 4.11. The van der Waals surface area contributed by atoms with E-state index in [4.69, 9.17) is 18.0 Å². The second-order valence-electron chi connectivity index (χ2n) is 4.97. The Morgan fingerprint density at radius 1 is 1.44 bits per heavy atom. The molecule has 4 nitrogen and oxygen atoms in total. The molecule has 98 valence electrons. The van der Waals surface area contributed by atoms with Crippen molar-refractivity contribution in [2.45, 2.75) is 39.2 Å². The monoisotopic (exact) mass is 264 g/mol. The first-order chi connectivity index (χ1) is 8.63. The predicted molar refractivity (Wildman–Crippen MR) is 77.5 cm³/mol. The van der Waals surface area contributed by atoms with Crippen LogP contribution in [-0.2, 0) is 0 Å². The minimum absolute atomic E-state index is 0.295. The van der Waals surface area contributed by atoms with Crippen molar-refractivity contribution in [3.8, 4) is 0 Å².